The summed E-state index contributed by atoms with van der Waals surface area (Å²) in [6, 6.07) is 0. The van der Waals surface area contributed by atoms with Crippen LogP contribution in [0.25, 0.3) is 11.2 Å². The van der Waals surface area contributed by atoms with Crippen molar-refractivity contribution in [2.45, 2.75) is 69.7 Å². The molecule has 0 spiro atoms. The molecule has 0 aliphatic carbocycles. The molecule has 33 heavy (non-hydrogen) atoms. The van der Waals surface area contributed by atoms with Crippen LogP contribution in [-0.2, 0) is 26.6 Å². The van der Waals surface area contributed by atoms with Crippen LogP contribution in [0.5, 0.6) is 0 Å². The summed E-state index contributed by atoms with van der Waals surface area (Å²) in [6.07, 6.45) is -0.732. The minimum atomic E-state index is -4.54. The number of aromatic nitrogens is 4. The monoisotopic (exact) mass is 491 g/mol. The first-order valence-corrected chi connectivity index (χ1v) is 12.0. The summed E-state index contributed by atoms with van der Waals surface area (Å²) in [4.78, 5) is 31.0. The fourth-order valence-corrected chi connectivity index (χ4v) is 4.68. The summed E-state index contributed by atoms with van der Waals surface area (Å²) in [5.74, 6) is -0.131. The van der Waals surface area contributed by atoms with Crippen molar-refractivity contribution in [1.29, 1.82) is 0 Å². The third-order valence-electron chi connectivity index (χ3n) is 6.12. The second-order valence-electron chi connectivity index (χ2n) is 8.64. The summed E-state index contributed by atoms with van der Waals surface area (Å²) in [7, 11) is -1.82. The van der Waals surface area contributed by atoms with Gasteiger partial charge in [-0.2, -0.15) is 4.98 Å². The molecule has 0 aliphatic heterocycles. The first kappa shape index (κ1) is 27.4. The Bertz CT molecular complexity index is 1100. The number of fused-ring (bicyclic) bond motifs is 1. The highest BCUT2D eigenvalue weighted by molar-refractivity contribution is 7.54. The SMILES string of the molecule is CCC(C)(CC(O)[C@@](O)(COC)n1cnc2c(=O)n(C)c(N)nc21)OP(=O)(O)C(C)(O)CC. The first-order valence-electron chi connectivity index (χ1n) is 10.4. The highest BCUT2D eigenvalue weighted by Gasteiger charge is 2.49. The van der Waals surface area contributed by atoms with Crippen molar-refractivity contribution in [1.82, 2.24) is 19.1 Å². The molecule has 0 aromatic carbocycles. The van der Waals surface area contributed by atoms with Gasteiger partial charge in [0.25, 0.3) is 5.56 Å². The van der Waals surface area contributed by atoms with E-state index in [1.807, 2.05) is 0 Å². The van der Waals surface area contributed by atoms with Crippen LogP contribution in [0, 0.1) is 0 Å². The molecule has 0 aliphatic rings. The van der Waals surface area contributed by atoms with Crippen molar-refractivity contribution in [3.8, 4) is 0 Å². The van der Waals surface area contributed by atoms with Crippen molar-refractivity contribution >= 4 is 24.7 Å². The topological polar surface area (TPSA) is 195 Å². The summed E-state index contributed by atoms with van der Waals surface area (Å²) < 4.78 is 25.5. The van der Waals surface area contributed by atoms with Gasteiger partial charge in [-0.15, -0.1) is 0 Å². The van der Waals surface area contributed by atoms with E-state index in [0.717, 1.165) is 15.5 Å². The van der Waals surface area contributed by atoms with Crippen LogP contribution >= 0.6 is 7.60 Å². The van der Waals surface area contributed by atoms with Gasteiger partial charge in [-0.25, -0.2) is 4.98 Å². The Morgan fingerprint density at radius 3 is 2.39 bits per heavy atom. The van der Waals surface area contributed by atoms with E-state index in [4.69, 9.17) is 15.0 Å². The Morgan fingerprint density at radius 2 is 1.88 bits per heavy atom. The van der Waals surface area contributed by atoms with Crippen molar-refractivity contribution in [3.63, 3.8) is 0 Å². The number of anilines is 1. The molecule has 4 unspecified atom stereocenters. The molecule has 0 bridgehead atoms. The van der Waals surface area contributed by atoms with Gasteiger partial charge >= 0.3 is 7.60 Å². The average Bonchev–Trinajstić information content (AvgIpc) is 3.15. The number of methoxy groups -OCH3 is 1. The summed E-state index contributed by atoms with van der Waals surface area (Å²) >= 11 is 0. The van der Waals surface area contributed by atoms with Crippen LogP contribution in [0.1, 0.15) is 47.0 Å². The smallest absolute Gasteiger partial charge is 0.359 e. The Hall–Kier alpha value is -1.86. The van der Waals surface area contributed by atoms with Crippen molar-refractivity contribution < 1.29 is 34.0 Å². The molecule has 14 heteroatoms. The average molecular weight is 491 g/mol. The largest absolute Gasteiger partial charge is 0.388 e. The number of rotatable bonds is 11. The summed E-state index contributed by atoms with van der Waals surface area (Å²) in [5.41, 5.74) is 1.47. The molecule has 6 N–H and O–H groups in total. The Morgan fingerprint density at radius 1 is 1.27 bits per heavy atom. The fraction of sp³-hybridized carbons (Fsp3) is 0.737. The van der Waals surface area contributed by atoms with Crippen molar-refractivity contribution in [2.24, 2.45) is 7.05 Å². The molecular weight excluding hydrogens is 457 g/mol. The standard InChI is InChI=1S/C19H34N5O8P/c1-7-17(3,32-33(29,30)18(4,27)8-2)9-12(25)19(28,10-31-6)24-11-21-13-14(24)22-16(20)23(5)15(13)26/h11-12,25,27-28H,7-10H2,1-6H3,(H2,20,22)(H,29,30)/t12?,17?,18?,19-/m0/s1. The lowest BCUT2D eigenvalue weighted by Gasteiger charge is -2.40. The van der Waals surface area contributed by atoms with Gasteiger partial charge in [-0.1, -0.05) is 13.8 Å². The van der Waals surface area contributed by atoms with E-state index in [2.05, 4.69) is 9.97 Å². The first-order chi connectivity index (χ1) is 15.1. The molecule has 2 heterocycles. The van der Waals surface area contributed by atoms with E-state index in [1.165, 1.54) is 34.9 Å². The maximum atomic E-state index is 12.7. The minimum Gasteiger partial charge on any atom is -0.388 e. The molecule has 0 amide bonds. The lowest BCUT2D eigenvalue weighted by atomic mass is 9.90. The van der Waals surface area contributed by atoms with E-state index < -0.39 is 42.5 Å². The van der Waals surface area contributed by atoms with Gasteiger partial charge in [0.1, 0.15) is 6.10 Å². The van der Waals surface area contributed by atoms with Gasteiger partial charge in [0.2, 0.25) is 5.95 Å². The molecule has 0 fully saturated rings. The van der Waals surface area contributed by atoms with E-state index in [1.54, 1.807) is 6.92 Å². The van der Waals surface area contributed by atoms with E-state index in [9.17, 15) is 29.6 Å². The number of ether oxygens (including phenoxy) is 1. The molecule has 2 rings (SSSR count). The quantitative estimate of drug-likeness (QED) is 0.270. The van der Waals surface area contributed by atoms with Crippen LogP contribution in [-0.4, -0.2) is 70.1 Å². The van der Waals surface area contributed by atoms with Crippen molar-refractivity contribution in [3.05, 3.63) is 16.7 Å². The van der Waals surface area contributed by atoms with Crippen LogP contribution in [0.15, 0.2) is 11.1 Å². The van der Waals surface area contributed by atoms with Crippen LogP contribution in [0.4, 0.5) is 5.95 Å². The molecule has 188 valence electrons. The van der Waals surface area contributed by atoms with Gasteiger partial charge in [-0.05, 0) is 26.7 Å². The van der Waals surface area contributed by atoms with Crippen LogP contribution in [0.3, 0.4) is 0 Å². The Labute approximate surface area is 191 Å². The molecule has 2 aromatic rings. The summed E-state index contributed by atoms with van der Waals surface area (Å²) in [5, 5.41) is 30.9. The number of imidazole rings is 1. The maximum absolute atomic E-state index is 12.7. The van der Waals surface area contributed by atoms with Gasteiger partial charge in [0.05, 0.1) is 18.5 Å². The number of aliphatic hydroxyl groups is 3. The van der Waals surface area contributed by atoms with E-state index >= 15 is 0 Å². The molecule has 0 radical (unpaired) electrons. The third-order valence-corrected chi connectivity index (χ3v) is 8.34. The Balaban J connectivity index is 2.51. The highest BCUT2D eigenvalue weighted by atomic mass is 31.2. The molecule has 0 saturated carbocycles. The van der Waals surface area contributed by atoms with Crippen LogP contribution in [0.2, 0.25) is 0 Å². The van der Waals surface area contributed by atoms with Gasteiger partial charge in [0.15, 0.2) is 22.2 Å². The minimum absolute atomic E-state index is 0.0419. The highest BCUT2D eigenvalue weighted by Crippen LogP contribution is 2.59. The summed E-state index contributed by atoms with van der Waals surface area (Å²) in [6.45, 7) is 5.43. The Kier molecular flexibility index (Phi) is 7.81. The molecule has 13 nitrogen and oxygen atoms in total. The van der Waals surface area contributed by atoms with Crippen molar-refractivity contribution in [2.75, 3.05) is 19.5 Å². The second kappa shape index (κ2) is 9.41. The normalized spacial score (nSPS) is 20.5. The van der Waals surface area contributed by atoms with Gasteiger partial charge < -0.3 is 35.2 Å². The lowest BCUT2D eigenvalue weighted by Crippen LogP contribution is -2.52. The number of hydrogen-bond acceptors (Lipinski definition) is 10. The van der Waals surface area contributed by atoms with E-state index in [0.29, 0.717) is 0 Å². The molecule has 2 aromatic heterocycles. The number of nitrogens with two attached hydrogens (primary N) is 1. The number of aliphatic hydroxyl groups excluding tert-OH is 1. The van der Waals surface area contributed by atoms with E-state index in [-0.39, 0.29) is 36.4 Å². The second-order valence-corrected chi connectivity index (χ2v) is 10.8. The number of nitrogens with zero attached hydrogens (tertiary/aromatic N) is 4. The zero-order chi connectivity index (χ0) is 25.4. The molecule has 5 atom stereocenters. The van der Waals surface area contributed by atoms with Gasteiger partial charge in [-0.3, -0.25) is 18.5 Å². The zero-order valence-corrected chi connectivity index (χ0v) is 20.6. The van der Waals surface area contributed by atoms with Crippen LogP contribution < -0.4 is 11.3 Å². The zero-order valence-electron chi connectivity index (χ0n) is 19.7. The fourth-order valence-electron chi connectivity index (χ4n) is 3.28. The molecular formula is C19H34N5O8P. The predicted octanol–water partition coefficient (Wildman–Crippen LogP) is 0.244. The maximum Gasteiger partial charge on any atom is 0.359 e. The lowest BCUT2D eigenvalue weighted by molar-refractivity contribution is -0.181. The third kappa shape index (κ3) is 4.99. The molecule has 0 saturated heterocycles. The van der Waals surface area contributed by atoms with Gasteiger partial charge in [0, 0.05) is 20.6 Å². The number of nitrogen functional groups attached to an aromatic ring is 1. The predicted molar refractivity (Wildman–Crippen MR) is 120 cm³/mol. The number of hydrogen-bond donors (Lipinski definition) is 5.